The van der Waals surface area contributed by atoms with Gasteiger partial charge in [0, 0.05) is 12.7 Å². The summed E-state index contributed by atoms with van der Waals surface area (Å²) in [5.41, 5.74) is 3.66. The molecule has 0 saturated carbocycles. The van der Waals surface area contributed by atoms with Crippen LogP contribution in [0.2, 0.25) is 0 Å². The molecule has 1 fully saturated rings. The van der Waals surface area contributed by atoms with Gasteiger partial charge in [-0.15, -0.1) is 0 Å². The Morgan fingerprint density at radius 3 is 2.47 bits per heavy atom. The lowest BCUT2D eigenvalue weighted by atomic mass is 9.76. The second kappa shape index (κ2) is 4.37. The molecule has 0 aromatic heterocycles. The zero-order valence-electron chi connectivity index (χ0n) is 9.62. The highest BCUT2D eigenvalue weighted by Gasteiger charge is 2.28. The van der Waals surface area contributed by atoms with E-state index < -0.39 is 0 Å². The van der Waals surface area contributed by atoms with E-state index in [-0.39, 0.29) is 7.12 Å². The van der Waals surface area contributed by atoms with Gasteiger partial charge in [0.2, 0.25) is 0 Å². The van der Waals surface area contributed by atoms with Crippen molar-refractivity contribution in [1.29, 1.82) is 0 Å². The van der Waals surface area contributed by atoms with Crippen molar-refractivity contribution in [2.75, 3.05) is 6.61 Å². The molecule has 0 aliphatic carbocycles. The Morgan fingerprint density at radius 1 is 1.20 bits per heavy atom. The molecule has 1 atom stereocenters. The van der Waals surface area contributed by atoms with E-state index in [1.807, 2.05) is 0 Å². The first-order chi connectivity index (χ1) is 7.15. The van der Waals surface area contributed by atoms with Crippen LogP contribution in [0.3, 0.4) is 0 Å². The molecular formula is C12H17BO2. The van der Waals surface area contributed by atoms with Gasteiger partial charge in [-0.05, 0) is 32.7 Å². The van der Waals surface area contributed by atoms with E-state index in [0.717, 1.165) is 18.5 Å². The summed E-state index contributed by atoms with van der Waals surface area (Å²) < 4.78 is 11.4. The summed E-state index contributed by atoms with van der Waals surface area (Å²) in [6.07, 6.45) is 1.28. The fraction of sp³-hybridized carbons (Fsp3) is 0.500. The average Bonchev–Trinajstić information content (AvgIpc) is 2.16. The minimum atomic E-state index is -0.174. The van der Waals surface area contributed by atoms with Gasteiger partial charge >= 0.3 is 7.12 Å². The summed E-state index contributed by atoms with van der Waals surface area (Å²) in [7, 11) is -0.174. The molecule has 0 spiro atoms. The van der Waals surface area contributed by atoms with E-state index >= 15 is 0 Å². The molecule has 0 radical (unpaired) electrons. The van der Waals surface area contributed by atoms with Gasteiger partial charge in [-0.2, -0.15) is 0 Å². The zero-order chi connectivity index (χ0) is 10.8. The minimum Gasteiger partial charge on any atom is -0.407 e. The van der Waals surface area contributed by atoms with E-state index in [4.69, 9.17) is 9.31 Å². The fourth-order valence-electron chi connectivity index (χ4n) is 1.98. The number of benzene rings is 1. The van der Waals surface area contributed by atoms with Gasteiger partial charge in [-0.25, -0.2) is 0 Å². The highest BCUT2D eigenvalue weighted by Crippen LogP contribution is 2.10. The van der Waals surface area contributed by atoms with Crippen LogP contribution in [0.25, 0.3) is 0 Å². The number of hydrogen-bond acceptors (Lipinski definition) is 2. The molecule has 1 aliphatic rings. The predicted octanol–water partition coefficient (Wildman–Crippen LogP) is 1.82. The van der Waals surface area contributed by atoms with Crippen LogP contribution in [0.1, 0.15) is 24.5 Å². The van der Waals surface area contributed by atoms with Gasteiger partial charge in [-0.1, -0.05) is 29.3 Å². The van der Waals surface area contributed by atoms with Crippen molar-refractivity contribution >= 4 is 12.6 Å². The molecule has 0 amide bonds. The molecule has 2 nitrogen and oxygen atoms in total. The number of aryl methyl sites for hydroxylation is 2. The Morgan fingerprint density at radius 2 is 1.87 bits per heavy atom. The maximum atomic E-state index is 5.76. The molecule has 0 bridgehead atoms. The van der Waals surface area contributed by atoms with Gasteiger partial charge < -0.3 is 9.31 Å². The largest absolute Gasteiger partial charge is 0.494 e. The van der Waals surface area contributed by atoms with E-state index in [0.29, 0.717) is 6.10 Å². The van der Waals surface area contributed by atoms with Crippen molar-refractivity contribution in [2.45, 2.75) is 33.3 Å². The topological polar surface area (TPSA) is 18.5 Å². The summed E-state index contributed by atoms with van der Waals surface area (Å²) in [4.78, 5) is 0. The lowest BCUT2D eigenvalue weighted by Crippen LogP contribution is -2.44. The first-order valence-corrected chi connectivity index (χ1v) is 5.50. The monoisotopic (exact) mass is 204 g/mol. The molecule has 0 N–H and O–H groups in total. The zero-order valence-corrected chi connectivity index (χ0v) is 9.62. The van der Waals surface area contributed by atoms with Crippen LogP contribution in [0.4, 0.5) is 0 Å². The van der Waals surface area contributed by atoms with E-state index in [1.54, 1.807) is 0 Å². The molecule has 1 unspecified atom stereocenters. The normalized spacial score (nSPS) is 21.8. The minimum absolute atomic E-state index is 0.174. The lowest BCUT2D eigenvalue weighted by molar-refractivity contribution is 0.0861. The summed E-state index contributed by atoms with van der Waals surface area (Å²) in [5, 5.41) is 0. The number of hydrogen-bond donors (Lipinski definition) is 0. The Balaban J connectivity index is 2.20. The van der Waals surface area contributed by atoms with E-state index in [2.05, 4.69) is 39.0 Å². The molecule has 1 saturated heterocycles. The Kier molecular flexibility index (Phi) is 3.12. The molecule has 1 aliphatic heterocycles. The van der Waals surface area contributed by atoms with Gasteiger partial charge in [0.15, 0.2) is 0 Å². The molecule has 1 aromatic carbocycles. The third kappa shape index (κ3) is 2.61. The molecule has 80 valence electrons. The third-order valence-electron chi connectivity index (χ3n) is 2.67. The van der Waals surface area contributed by atoms with Crippen LogP contribution >= 0.6 is 0 Å². The van der Waals surface area contributed by atoms with E-state index in [1.165, 1.54) is 11.1 Å². The second-order valence-electron chi connectivity index (χ2n) is 4.36. The maximum Gasteiger partial charge on any atom is 0.494 e. The van der Waals surface area contributed by atoms with Crippen molar-refractivity contribution in [3.05, 3.63) is 29.3 Å². The molecule has 1 aromatic rings. The molecule has 1 heterocycles. The van der Waals surface area contributed by atoms with E-state index in [9.17, 15) is 0 Å². The number of rotatable bonds is 1. The van der Waals surface area contributed by atoms with Crippen LogP contribution in [-0.2, 0) is 9.31 Å². The third-order valence-corrected chi connectivity index (χ3v) is 2.67. The van der Waals surface area contributed by atoms with Gasteiger partial charge in [0.25, 0.3) is 0 Å². The van der Waals surface area contributed by atoms with Crippen molar-refractivity contribution in [1.82, 2.24) is 0 Å². The summed E-state index contributed by atoms with van der Waals surface area (Å²) in [5.74, 6) is 0. The van der Waals surface area contributed by atoms with Crippen LogP contribution in [0, 0.1) is 13.8 Å². The van der Waals surface area contributed by atoms with Gasteiger partial charge in [0.05, 0.1) is 0 Å². The fourth-order valence-corrected chi connectivity index (χ4v) is 1.98. The smallest absolute Gasteiger partial charge is 0.407 e. The first-order valence-electron chi connectivity index (χ1n) is 5.50. The van der Waals surface area contributed by atoms with Crippen molar-refractivity contribution < 1.29 is 9.31 Å². The lowest BCUT2D eigenvalue weighted by Gasteiger charge is -2.25. The summed E-state index contributed by atoms with van der Waals surface area (Å²) >= 11 is 0. The quantitative estimate of drug-likeness (QED) is 0.649. The Labute approximate surface area is 91.7 Å². The molecular weight excluding hydrogens is 187 g/mol. The van der Waals surface area contributed by atoms with Crippen molar-refractivity contribution in [3.8, 4) is 0 Å². The SMILES string of the molecule is Cc1cc(C)cc(B2OCCC(C)O2)c1. The highest BCUT2D eigenvalue weighted by atomic mass is 16.6. The van der Waals surface area contributed by atoms with Crippen molar-refractivity contribution in [3.63, 3.8) is 0 Å². The Hall–Kier alpha value is -0.795. The molecule has 2 rings (SSSR count). The average molecular weight is 204 g/mol. The van der Waals surface area contributed by atoms with Crippen molar-refractivity contribution in [2.24, 2.45) is 0 Å². The van der Waals surface area contributed by atoms with Gasteiger partial charge in [-0.3, -0.25) is 0 Å². The summed E-state index contributed by atoms with van der Waals surface area (Å²) in [6.45, 7) is 7.09. The molecule has 3 heteroatoms. The molecule has 15 heavy (non-hydrogen) atoms. The van der Waals surface area contributed by atoms with Crippen LogP contribution in [-0.4, -0.2) is 19.8 Å². The van der Waals surface area contributed by atoms with Crippen LogP contribution in [0.5, 0.6) is 0 Å². The standard InChI is InChI=1S/C12H17BO2/c1-9-6-10(2)8-12(7-9)13-14-5-4-11(3)15-13/h6-8,11H,4-5H2,1-3H3. The predicted molar refractivity (Wildman–Crippen MR) is 62.4 cm³/mol. The Bertz CT molecular complexity index is 331. The summed E-state index contributed by atoms with van der Waals surface area (Å²) in [6, 6.07) is 6.43. The second-order valence-corrected chi connectivity index (χ2v) is 4.36. The maximum absolute atomic E-state index is 5.76. The van der Waals surface area contributed by atoms with Crippen LogP contribution in [0.15, 0.2) is 18.2 Å². The highest BCUT2D eigenvalue weighted by molar-refractivity contribution is 6.61. The van der Waals surface area contributed by atoms with Gasteiger partial charge in [0.1, 0.15) is 0 Å². The first kappa shape index (κ1) is 10.7. The van der Waals surface area contributed by atoms with Crippen LogP contribution < -0.4 is 5.46 Å².